The Hall–Kier alpha value is -1.99. The quantitative estimate of drug-likeness (QED) is 0.787. The molecule has 3 heterocycles. The van der Waals surface area contributed by atoms with Crippen molar-refractivity contribution in [1.82, 2.24) is 19.8 Å². The Morgan fingerprint density at radius 2 is 2.29 bits per heavy atom. The average Bonchev–Trinajstić information content (AvgIpc) is 3.16. The zero-order valence-electron chi connectivity index (χ0n) is 11.5. The van der Waals surface area contributed by atoms with Gasteiger partial charge in [-0.25, -0.2) is 0 Å². The van der Waals surface area contributed by atoms with Gasteiger partial charge >= 0.3 is 0 Å². The zero-order valence-corrected chi connectivity index (χ0v) is 12.3. The van der Waals surface area contributed by atoms with Gasteiger partial charge in [-0.05, 0) is 37.1 Å². The first-order valence-electron chi connectivity index (χ1n) is 6.82. The van der Waals surface area contributed by atoms with Crippen LogP contribution in [0.3, 0.4) is 0 Å². The number of fused-ring (bicyclic) bond motifs is 1. The molecule has 1 N–H and O–H groups in total. The molecular formula is C14H14N4O2S. The van der Waals surface area contributed by atoms with Crippen LogP contribution >= 0.6 is 11.3 Å². The Kier molecular flexibility index (Phi) is 2.90. The van der Waals surface area contributed by atoms with Gasteiger partial charge in [-0.15, -0.1) is 10.2 Å². The number of hydrogen-bond acceptors (Lipinski definition) is 6. The maximum absolute atomic E-state index is 9.62. The average molecular weight is 302 g/mol. The van der Waals surface area contributed by atoms with E-state index in [-0.39, 0.29) is 5.92 Å². The van der Waals surface area contributed by atoms with Crippen molar-refractivity contribution < 1.29 is 9.84 Å². The molecule has 0 amide bonds. The molecule has 7 heteroatoms. The number of phenols is 1. The van der Waals surface area contributed by atoms with E-state index in [0.29, 0.717) is 12.4 Å². The van der Waals surface area contributed by atoms with Crippen LogP contribution < -0.4 is 0 Å². The standard InChI is InChI=1S/C14H14N4O2S/c1-8-6-9(2-3-11(8)19)13-17-18-12(10-4-5-20-7-10)15-16-14(18)21-13/h2-3,6,10,19H,4-5,7H2,1H3. The fourth-order valence-corrected chi connectivity index (χ4v) is 3.37. The number of aromatic nitrogens is 4. The molecule has 3 aromatic rings. The lowest BCUT2D eigenvalue weighted by atomic mass is 10.1. The van der Waals surface area contributed by atoms with E-state index < -0.39 is 0 Å². The molecule has 0 bridgehead atoms. The van der Waals surface area contributed by atoms with Crippen LogP contribution in [0.1, 0.15) is 23.7 Å². The monoisotopic (exact) mass is 302 g/mol. The number of phenolic OH excluding ortho intramolecular Hbond substituents is 1. The van der Waals surface area contributed by atoms with Gasteiger partial charge in [0.05, 0.1) is 6.61 Å². The summed E-state index contributed by atoms with van der Waals surface area (Å²) in [4.78, 5) is 0.789. The second kappa shape index (κ2) is 4.78. The number of ether oxygens (including phenoxy) is 1. The third kappa shape index (κ3) is 2.09. The van der Waals surface area contributed by atoms with Crippen molar-refractivity contribution >= 4 is 16.3 Å². The second-order valence-corrected chi connectivity index (χ2v) is 6.18. The third-order valence-corrected chi connectivity index (χ3v) is 4.70. The van der Waals surface area contributed by atoms with Crippen LogP contribution in [-0.4, -0.2) is 38.1 Å². The fourth-order valence-electron chi connectivity index (χ4n) is 2.53. The number of benzene rings is 1. The Balaban J connectivity index is 1.78. The van der Waals surface area contributed by atoms with Crippen LogP contribution in [0.5, 0.6) is 5.75 Å². The molecule has 0 saturated carbocycles. The van der Waals surface area contributed by atoms with E-state index in [1.54, 1.807) is 6.07 Å². The van der Waals surface area contributed by atoms with Crippen molar-refractivity contribution in [2.45, 2.75) is 19.3 Å². The minimum atomic E-state index is 0.275. The van der Waals surface area contributed by atoms with Crippen LogP contribution in [0.25, 0.3) is 15.5 Å². The smallest absolute Gasteiger partial charge is 0.234 e. The van der Waals surface area contributed by atoms with Gasteiger partial charge in [-0.1, -0.05) is 11.3 Å². The van der Waals surface area contributed by atoms with Crippen molar-refractivity contribution in [3.8, 4) is 16.3 Å². The second-order valence-electron chi connectivity index (χ2n) is 5.22. The molecule has 1 aliphatic rings. The predicted octanol–water partition coefficient (Wildman–Crippen LogP) is 2.37. The van der Waals surface area contributed by atoms with Gasteiger partial charge in [-0.3, -0.25) is 0 Å². The van der Waals surface area contributed by atoms with Gasteiger partial charge < -0.3 is 9.84 Å². The van der Waals surface area contributed by atoms with Crippen molar-refractivity contribution in [2.24, 2.45) is 0 Å². The highest BCUT2D eigenvalue weighted by atomic mass is 32.1. The normalized spacial score (nSPS) is 18.6. The highest BCUT2D eigenvalue weighted by Crippen LogP contribution is 2.31. The maximum Gasteiger partial charge on any atom is 0.234 e. The molecule has 21 heavy (non-hydrogen) atoms. The highest BCUT2D eigenvalue weighted by Gasteiger charge is 2.25. The molecule has 0 radical (unpaired) electrons. The lowest BCUT2D eigenvalue weighted by Gasteiger charge is -2.02. The van der Waals surface area contributed by atoms with Gasteiger partial charge in [0.1, 0.15) is 10.8 Å². The lowest BCUT2D eigenvalue weighted by molar-refractivity contribution is 0.193. The van der Waals surface area contributed by atoms with Crippen LogP contribution in [0.2, 0.25) is 0 Å². The number of rotatable bonds is 2. The van der Waals surface area contributed by atoms with Gasteiger partial charge in [0, 0.05) is 18.1 Å². The van der Waals surface area contributed by atoms with E-state index >= 15 is 0 Å². The molecule has 1 atom stereocenters. The molecule has 1 fully saturated rings. The van der Waals surface area contributed by atoms with Crippen molar-refractivity contribution in [2.75, 3.05) is 13.2 Å². The van der Waals surface area contributed by atoms with Crippen molar-refractivity contribution in [1.29, 1.82) is 0 Å². The summed E-state index contributed by atoms with van der Waals surface area (Å²) in [7, 11) is 0. The summed E-state index contributed by atoms with van der Waals surface area (Å²) >= 11 is 1.50. The third-order valence-electron chi connectivity index (χ3n) is 3.75. The first kappa shape index (κ1) is 12.7. The number of hydrogen-bond donors (Lipinski definition) is 1. The molecule has 108 valence electrons. The Morgan fingerprint density at radius 3 is 3.05 bits per heavy atom. The maximum atomic E-state index is 9.62. The van der Waals surface area contributed by atoms with E-state index in [4.69, 9.17) is 4.74 Å². The molecule has 1 aromatic carbocycles. The Labute approximate surface area is 125 Å². The summed E-state index contributed by atoms with van der Waals surface area (Å²) in [6, 6.07) is 5.49. The molecule has 2 aromatic heterocycles. The fraction of sp³-hybridized carbons (Fsp3) is 0.357. The number of nitrogens with zero attached hydrogens (tertiary/aromatic N) is 4. The van der Waals surface area contributed by atoms with Gasteiger partial charge in [0.15, 0.2) is 5.82 Å². The minimum Gasteiger partial charge on any atom is -0.508 e. The number of aromatic hydroxyl groups is 1. The summed E-state index contributed by atoms with van der Waals surface area (Å²) in [6.45, 7) is 3.33. The van der Waals surface area contributed by atoms with Crippen LogP contribution in [-0.2, 0) is 4.74 Å². The summed E-state index contributed by atoms with van der Waals surface area (Å²) in [5, 5.41) is 23.6. The molecular weight excluding hydrogens is 288 g/mol. The lowest BCUT2D eigenvalue weighted by Crippen LogP contribution is -2.04. The van der Waals surface area contributed by atoms with E-state index in [2.05, 4.69) is 15.3 Å². The molecule has 1 unspecified atom stereocenters. The van der Waals surface area contributed by atoms with E-state index in [1.165, 1.54) is 11.3 Å². The Morgan fingerprint density at radius 1 is 1.38 bits per heavy atom. The number of aryl methyl sites for hydroxylation is 1. The Bertz CT molecular complexity index is 805. The van der Waals surface area contributed by atoms with E-state index in [1.807, 2.05) is 23.6 Å². The first-order chi connectivity index (χ1) is 10.2. The van der Waals surface area contributed by atoms with E-state index in [9.17, 15) is 5.11 Å². The van der Waals surface area contributed by atoms with Crippen LogP contribution in [0.4, 0.5) is 0 Å². The predicted molar refractivity (Wildman–Crippen MR) is 78.7 cm³/mol. The topological polar surface area (TPSA) is 72.5 Å². The largest absolute Gasteiger partial charge is 0.508 e. The minimum absolute atomic E-state index is 0.275. The molecule has 0 spiro atoms. The van der Waals surface area contributed by atoms with Crippen molar-refractivity contribution in [3.05, 3.63) is 29.6 Å². The molecule has 0 aliphatic carbocycles. The van der Waals surface area contributed by atoms with Crippen LogP contribution in [0, 0.1) is 6.92 Å². The van der Waals surface area contributed by atoms with E-state index in [0.717, 1.165) is 39.9 Å². The summed E-state index contributed by atoms with van der Waals surface area (Å²) in [5.74, 6) is 1.45. The molecule has 1 aliphatic heterocycles. The first-order valence-corrected chi connectivity index (χ1v) is 7.64. The van der Waals surface area contributed by atoms with Crippen LogP contribution in [0.15, 0.2) is 18.2 Å². The zero-order chi connectivity index (χ0) is 14.4. The molecule has 1 saturated heterocycles. The van der Waals surface area contributed by atoms with Crippen molar-refractivity contribution in [3.63, 3.8) is 0 Å². The summed E-state index contributed by atoms with van der Waals surface area (Å²) < 4.78 is 7.24. The summed E-state index contributed by atoms with van der Waals surface area (Å²) in [6.07, 6.45) is 0.964. The molecule has 6 nitrogen and oxygen atoms in total. The SMILES string of the molecule is Cc1cc(-c2nn3c(C4CCOC4)nnc3s2)ccc1O. The van der Waals surface area contributed by atoms with Gasteiger partial charge in [0.2, 0.25) is 4.96 Å². The highest BCUT2D eigenvalue weighted by molar-refractivity contribution is 7.19. The molecule has 4 rings (SSSR count). The summed E-state index contributed by atoms with van der Waals surface area (Å²) in [5.41, 5.74) is 1.82. The van der Waals surface area contributed by atoms with Gasteiger partial charge in [0.25, 0.3) is 0 Å². The van der Waals surface area contributed by atoms with Gasteiger partial charge in [-0.2, -0.15) is 9.61 Å².